The van der Waals surface area contributed by atoms with Gasteiger partial charge in [0, 0.05) is 6.20 Å². The highest BCUT2D eigenvalue weighted by atomic mass is 32.1. The molecule has 0 aliphatic carbocycles. The lowest BCUT2D eigenvalue weighted by atomic mass is 10.2. The van der Waals surface area contributed by atoms with E-state index in [1.807, 2.05) is 12.3 Å². The highest BCUT2D eigenvalue weighted by Crippen LogP contribution is 2.31. The number of aryl methyl sites for hydroxylation is 1. The van der Waals surface area contributed by atoms with Crippen molar-refractivity contribution in [3.8, 4) is 10.4 Å². The summed E-state index contributed by atoms with van der Waals surface area (Å²) in [6.07, 6.45) is 1.50. The first-order chi connectivity index (χ1) is 8.06. The fourth-order valence-corrected chi connectivity index (χ4v) is 2.24. The summed E-state index contributed by atoms with van der Waals surface area (Å²) in [6, 6.07) is 3.34. The smallest absolute Gasteiger partial charge is 0.191 e. The van der Waals surface area contributed by atoms with Crippen LogP contribution in [-0.4, -0.2) is 15.0 Å². The quantitative estimate of drug-likeness (QED) is 0.635. The van der Waals surface area contributed by atoms with E-state index in [1.54, 1.807) is 12.1 Å². The van der Waals surface area contributed by atoms with Gasteiger partial charge in [0.1, 0.15) is 0 Å². The van der Waals surface area contributed by atoms with Crippen LogP contribution in [0.1, 0.15) is 5.69 Å². The maximum Gasteiger partial charge on any atom is 0.191 e. The van der Waals surface area contributed by atoms with Crippen LogP contribution >= 0.6 is 11.3 Å². The summed E-state index contributed by atoms with van der Waals surface area (Å²) in [5.41, 5.74) is 9.21. The van der Waals surface area contributed by atoms with E-state index < -0.39 is 5.03 Å². The van der Waals surface area contributed by atoms with Crippen LogP contribution in [0.4, 0.5) is 10.9 Å². The predicted molar refractivity (Wildman–Crippen MR) is 65.1 cm³/mol. The van der Waals surface area contributed by atoms with Crippen LogP contribution in [0.2, 0.25) is 0 Å². The van der Waals surface area contributed by atoms with Crippen molar-refractivity contribution in [1.82, 2.24) is 9.97 Å². The Balaban J connectivity index is 2.39. The first-order valence-electron chi connectivity index (χ1n) is 4.66. The summed E-state index contributed by atoms with van der Waals surface area (Å²) in [5.74, 6) is 0.180. The van der Waals surface area contributed by atoms with E-state index in [9.17, 15) is 10.1 Å². The second-order valence-corrected chi connectivity index (χ2v) is 4.30. The number of nitrogens with one attached hydrogen (secondary N) is 1. The van der Waals surface area contributed by atoms with Gasteiger partial charge in [-0.15, -0.1) is 0 Å². The van der Waals surface area contributed by atoms with Crippen LogP contribution in [0.25, 0.3) is 10.4 Å². The van der Waals surface area contributed by atoms with E-state index in [2.05, 4.69) is 9.97 Å². The molecule has 0 atom stereocenters. The number of nitrogens with zero attached hydrogens (tertiary/aromatic N) is 3. The third kappa shape index (κ3) is 2.48. The molecule has 88 valence electrons. The molecule has 0 saturated heterocycles. The van der Waals surface area contributed by atoms with Crippen LogP contribution in [0.3, 0.4) is 0 Å². The number of rotatable bonds is 3. The number of aromatic nitrogens is 2. The largest absolute Gasteiger partial charge is 0.375 e. The Labute approximate surface area is 100 Å². The Hall–Kier alpha value is -2.22. The number of nitro groups is 1. The molecule has 2 rings (SSSR count). The molecule has 3 N–H and O–H groups in total. The lowest BCUT2D eigenvalue weighted by molar-refractivity contribution is -0.445. The monoisotopic (exact) mass is 251 g/mol. The fourth-order valence-electron chi connectivity index (χ4n) is 1.41. The minimum Gasteiger partial charge on any atom is -0.375 e. The van der Waals surface area contributed by atoms with Gasteiger partial charge in [-0.25, -0.2) is 20.1 Å². The zero-order valence-electron chi connectivity index (χ0n) is 8.88. The predicted octanol–water partition coefficient (Wildman–Crippen LogP) is 1.70. The normalized spacial score (nSPS) is 10.2. The molecule has 2 aromatic heterocycles. The highest BCUT2D eigenvalue weighted by Gasteiger charge is 2.10. The molecule has 0 spiro atoms. The molecule has 0 aliphatic rings. The second kappa shape index (κ2) is 4.34. The number of hydrazine groups is 1. The van der Waals surface area contributed by atoms with Gasteiger partial charge in [-0.2, -0.15) is 0 Å². The van der Waals surface area contributed by atoms with Gasteiger partial charge in [-0.3, -0.25) is 0 Å². The number of nitrogen functional groups attached to an aromatic ring is 1. The van der Waals surface area contributed by atoms with Crippen molar-refractivity contribution < 1.29 is 5.03 Å². The first kappa shape index (κ1) is 11.3. The summed E-state index contributed by atoms with van der Waals surface area (Å²) in [5, 5.41) is 10.1. The Morgan fingerprint density at radius 3 is 2.94 bits per heavy atom. The van der Waals surface area contributed by atoms with Gasteiger partial charge in [-0.05, 0) is 24.6 Å². The average Bonchev–Trinajstić information content (AvgIpc) is 2.57. The number of hydrogen-bond acceptors (Lipinski definition) is 6. The van der Waals surface area contributed by atoms with Gasteiger partial charge in [0.15, 0.2) is 16.0 Å². The molecule has 8 heteroatoms. The van der Waals surface area contributed by atoms with Crippen molar-refractivity contribution in [3.05, 3.63) is 34.1 Å². The molecule has 17 heavy (non-hydrogen) atoms. The van der Waals surface area contributed by atoms with E-state index in [0.29, 0.717) is 5.13 Å². The lowest BCUT2D eigenvalue weighted by Gasteiger charge is -2.00. The third-order valence-corrected chi connectivity index (χ3v) is 3.08. The Morgan fingerprint density at radius 1 is 1.59 bits per heavy atom. The molecule has 2 heterocycles. The van der Waals surface area contributed by atoms with Gasteiger partial charge < -0.3 is 5.73 Å². The van der Waals surface area contributed by atoms with Crippen LogP contribution in [0.5, 0.6) is 0 Å². The van der Waals surface area contributed by atoms with Gasteiger partial charge in [-0.1, -0.05) is 16.8 Å². The lowest BCUT2D eigenvalue weighted by Crippen LogP contribution is -2.08. The Morgan fingerprint density at radius 2 is 2.35 bits per heavy atom. The van der Waals surface area contributed by atoms with Gasteiger partial charge in [0.25, 0.3) is 0 Å². The summed E-state index contributed by atoms with van der Waals surface area (Å²) >= 11 is 1.34. The fraction of sp³-hybridized carbons (Fsp3) is 0.111. The summed E-state index contributed by atoms with van der Waals surface area (Å²) in [6.45, 7) is 1.84. The summed E-state index contributed by atoms with van der Waals surface area (Å²) < 4.78 is 0. The summed E-state index contributed by atoms with van der Waals surface area (Å²) in [7, 11) is 0. The van der Waals surface area contributed by atoms with E-state index in [4.69, 9.17) is 5.73 Å². The van der Waals surface area contributed by atoms with Crippen molar-refractivity contribution >= 4 is 22.3 Å². The standard InChI is InChI=1S/C9H9N5O2S/c1-5-8(17-9(10)12-5)6-2-3-11-7(4-6)13-14(15)16/h2-4H,1H3,(H2,10,12)(H,11,13). The van der Waals surface area contributed by atoms with Gasteiger partial charge in [0.2, 0.25) is 0 Å². The van der Waals surface area contributed by atoms with E-state index in [0.717, 1.165) is 16.1 Å². The molecule has 0 saturated carbocycles. The molecule has 0 aliphatic heterocycles. The molecule has 0 bridgehead atoms. The SMILES string of the molecule is Cc1nc(N)sc1-c1ccnc(N[N+](=O)[O-])c1. The minimum absolute atomic E-state index is 0.180. The van der Waals surface area contributed by atoms with Crippen molar-refractivity contribution in [1.29, 1.82) is 0 Å². The molecule has 7 nitrogen and oxygen atoms in total. The molecule has 0 radical (unpaired) electrons. The maximum absolute atomic E-state index is 10.3. The number of thiazole rings is 1. The van der Waals surface area contributed by atoms with Crippen molar-refractivity contribution in [3.63, 3.8) is 0 Å². The number of anilines is 2. The number of hydrogen-bond donors (Lipinski definition) is 2. The van der Waals surface area contributed by atoms with Gasteiger partial charge in [0.05, 0.1) is 10.6 Å². The zero-order chi connectivity index (χ0) is 12.4. The third-order valence-electron chi connectivity index (χ3n) is 2.04. The molecule has 0 aromatic carbocycles. The Bertz CT molecular complexity index is 568. The van der Waals surface area contributed by atoms with E-state index in [1.165, 1.54) is 17.5 Å². The van der Waals surface area contributed by atoms with Gasteiger partial charge >= 0.3 is 0 Å². The van der Waals surface area contributed by atoms with Crippen LogP contribution in [0, 0.1) is 17.0 Å². The molecule has 0 unspecified atom stereocenters. The molecular formula is C9H9N5O2S. The van der Waals surface area contributed by atoms with Crippen LogP contribution in [-0.2, 0) is 0 Å². The summed E-state index contributed by atoms with van der Waals surface area (Å²) in [4.78, 5) is 19.1. The molecule has 0 amide bonds. The number of pyridine rings is 1. The van der Waals surface area contributed by atoms with Crippen LogP contribution < -0.4 is 11.2 Å². The number of nitrogens with two attached hydrogens (primary N) is 1. The topological polar surface area (TPSA) is 107 Å². The zero-order valence-corrected chi connectivity index (χ0v) is 9.69. The maximum atomic E-state index is 10.3. The van der Waals surface area contributed by atoms with Crippen LogP contribution in [0.15, 0.2) is 18.3 Å². The highest BCUT2D eigenvalue weighted by molar-refractivity contribution is 7.18. The Kier molecular flexibility index (Phi) is 2.88. The minimum atomic E-state index is -0.653. The van der Waals surface area contributed by atoms with E-state index in [-0.39, 0.29) is 5.82 Å². The average molecular weight is 251 g/mol. The molecule has 0 fully saturated rings. The van der Waals surface area contributed by atoms with E-state index >= 15 is 0 Å². The van der Waals surface area contributed by atoms with Crippen molar-refractivity contribution in [2.24, 2.45) is 0 Å². The molecule has 2 aromatic rings. The molecular weight excluding hydrogens is 242 g/mol. The first-order valence-corrected chi connectivity index (χ1v) is 5.48. The van der Waals surface area contributed by atoms with Crippen molar-refractivity contribution in [2.45, 2.75) is 6.92 Å². The second-order valence-electron chi connectivity index (χ2n) is 3.27. The van der Waals surface area contributed by atoms with Crippen molar-refractivity contribution in [2.75, 3.05) is 11.2 Å².